The molecule has 27 heavy (non-hydrogen) atoms. The Balaban J connectivity index is 1.46. The first-order chi connectivity index (χ1) is 12.9. The van der Waals surface area contributed by atoms with E-state index in [2.05, 4.69) is 48.9 Å². The molecule has 0 saturated carbocycles. The number of rotatable bonds is 3. The Morgan fingerprint density at radius 2 is 1.96 bits per heavy atom. The molecular formula is C21H26N4OS. The Morgan fingerprint density at radius 3 is 2.59 bits per heavy atom. The average molecular weight is 383 g/mol. The number of para-hydroxylation sites is 1. The van der Waals surface area contributed by atoms with E-state index in [9.17, 15) is 4.79 Å². The zero-order valence-electron chi connectivity index (χ0n) is 16.4. The van der Waals surface area contributed by atoms with Crippen molar-refractivity contribution in [1.82, 2.24) is 19.9 Å². The fourth-order valence-corrected chi connectivity index (χ4v) is 4.79. The van der Waals surface area contributed by atoms with Crippen LogP contribution in [-0.4, -0.2) is 38.8 Å². The Bertz CT molecular complexity index is 979. The number of hydrogen-bond acceptors (Lipinski definition) is 4. The number of carbonyl (C=O) groups is 1. The summed E-state index contributed by atoms with van der Waals surface area (Å²) in [5.41, 5.74) is 4.23. The summed E-state index contributed by atoms with van der Waals surface area (Å²) in [6, 6.07) is 6.23. The van der Waals surface area contributed by atoms with Gasteiger partial charge in [-0.3, -0.25) is 4.79 Å². The molecule has 1 aromatic carbocycles. The molecule has 1 N–H and O–H groups in total. The Labute approximate surface area is 163 Å². The highest BCUT2D eigenvalue weighted by Crippen LogP contribution is 2.31. The van der Waals surface area contributed by atoms with Crippen LogP contribution in [-0.2, 0) is 0 Å². The highest BCUT2D eigenvalue weighted by atomic mass is 32.1. The molecule has 3 heterocycles. The fraction of sp³-hybridized carbons (Fsp3) is 0.476. The second kappa shape index (κ2) is 7.08. The number of aromatic amines is 1. The van der Waals surface area contributed by atoms with Crippen LogP contribution < -0.4 is 0 Å². The molecule has 1 aliphatic rings. The lowest BCUT2D eigenvalue weighted by atomic mass is 9.96. The van der Waals surface area contributed by atoms with Crippen LogP contribution >= 0.6 is 11.3 Å². The van der Waals surface area contributed by atoms with Gasteiger partial charge in [-0.1, -0.05) is 26.0 Å². The van der Waals surface area contributed by atoms with Crippen molar-refractivity contribution < 1.29 is 4.79 Å². The summed E-state index contributed by atoms with van der Waals surface area (Å²) in [4.78, 5) is 28.6. The molecule has 0 unspecified atom stereocenters. The zero-order chi connectivity index (χ0) is 19.1. The standard InChI is InChI=1S/C21H26N4OS/c1-12(2)20-22-14(4)18(27-20)21(26)25-10-8-15(9-11-25)19-23-16-7-5-6-13(3)17(16)24-19/h5-7,12,15H,8-11H2,1-4H3,(H,23,24). The Morgan fingerprint density at radius 1 is 1.22 bits per heavy atom. The first kappa shape index (κ1) is 18.2. The normalized spacial score (nSPS) is 15.8. The smallest absolute Gasteiger partial charge is 0.265 e. The van der Waals surface area contributed by atoms with E-state index in [0.717, 1.165) is 58.4 Å². The number of nitrogens with one attached hydrogen (secondary N) is 1. The molecule has 4 rings (SSSR count). The molecule has 1 amide bonds. The number of aryl methyl sites for hydroxylation is 2. The van der Waals surface area contributed by atoms with Gasteiger partial charge in [-0.2, -0.15) is 0 Å². The molecule has 0 bridgehead atoms. The number of piperidine rings is 1. The first-order valence-electron chi connectivity index (χ1n) is 9.66. The van der Waals surface area contributed by atoms with Gasteiger partial charge in [0.15, 0.2) is 0 Å². The van der Waals surface area contributed by atoms with E-state index in [4.69, 9.17) is 4.98 Å². The average Bonchev–Trinajstić information content (AvgIpc) is 3.26. The summed E-state index contributed by atoms with van der Waals surface area (Å²) in [5, 5.41) is 1.04. The van der Waals surface area contributed by atoms with Crippen molar-refractivity contribution in [3.8, 4) is 0 Å². The van der Waals surface area contributed by atoms with E-state index in [0.29, 0.717) is 11.8 Å². The monoisotopic (exact) mass is 382 g/mol. The number of likely N-dealkylation sites (tertiary alicyclic amines) is 1. The Kier molecular flexibility index (Phi) is 4.76. The third-order valence-corrected chi connectivity index (χ3v) is 6.85. The summed E-state index contributed by atoms with van der Waals surface area (Å²) >= 11 is 1.55. The number of fused-ring (bicyclic) bond motifs is 1. The topological polar surface area (TPSA) is 61.9 Å². The van der Waals surface area contributed by atoms with Crippen molar-refractivity contribution in [3.63, 3.8) is 0 Å². The van der Waals surface area contributed by atoms with Crippen LogP contribution in [0.5, 0.6) is 0 Å². The maximum Gasteiger partial charge on any atom is 0.265 e. The van der Waals surface area contributed by atoms with Crippen LogP contribution in [0, 0.1) is 13.8 Å². The van der Waals surface area contributed by atoms with Gasteiger partial charge in [0.1, 0.15) is 10.7 Å². The van der Waals surface area contributed by atoms with E-state index in [-0.39, 0.29) is 5.91 Å². The summed E-state index contributed by atoms with van der Waals surface area (Å²) in [7, 11) is 0. The molecule has 6 heteroatoms. The van der Waals surface area contributed by atoms with Gasteiger partial charge in [0, 0.05) is 24.9 Å². The number of benzene rings is 1. The highest BCUT2D eigenvalue weighted by molar-refractivity contribution is 7.13. The van der Waals surface area contributed by atoms with Crippen molar-refractivity contribution in [2.45, 2.75) is 52.4 Å². The summed E-state index contributed by atoms with van der Waals surface area (Å²) in [6.45, 7) is 9.82. The number of aromatic nitrogens is 3. The molecule has 1 saturated heterocycles. The van der Waals surface area contributed by atoms with Crippen LogP contribution in [0.15, 0.2) is 18.2 Å². The summed E-state index contributed by atoms with van der Waals surface area (Å²) < 4.78 is 0. The zero-order valence-corrected chi connectivity index (χ0v) is 17.2. The van der Waals surface area contributed by atoms with Gasteiger partial charge in [0.25, 0.3) is 5.91 Å². The summed E-state index contributed by atoms with van der Waals surface area (Å²) in [5.74, 6) is 1.94. The largest absolute Gasteiger partial charge is 0.342 e. The fourth-order valence-electron chi connectivity index (χ4n) is 3.75. The molecule has 0 atom stereocenters. The van der Waals surface area contributed by atoms with E-state index < -0.39 is 0 Å². The van der Waals surface area contributed by atoms with Gasteiger partial charge in [-0.15, -0.1) is 11.3 Å². The number of amides is 1. The molecule has 0 spiro atoms. The van der Waals surface area contributed by atoms with Gasteiger partial charge in [-0.05, 0) is 38.3 Å². The minimum absolute atomic E-state index is 0.135. The van der Waals surface area contributed by atoms with Crippen LogP contribution in [0.4, 0.5) is 0 Å². The lowest BCUT2D eigenvalue weighted by molar-refractivity contribution is 0.0715. The number of nitrogens with zero attached hydrogens (tertiary/aromatic N) is 3. The van der Waals surface area contributed by atoms with Gasteiger partial charge in [0.2, 0.25) is 0 Å². The number of thiazole rings is 1. The minimum atomic E-state index is 0.135. The SMILES string of the molecule is Cc1nc(C(C)C)sc1C(=O)N1CCC(c2nc3c(C)cccc3[nH]2)CC1. The minimum Gasteiger partial charge on any atom is -0.342 e. The third-order valence-electron chi connectivity index (χ3n) is 5.40. The number of imidazole rings is 1. The second-order valence-corrected chi connectivity index (χ2v) is 8.81. The molecule has 1 aliphatic heterocycles. The van der Waals surface area contributed by atoms with E-state index in [1.165, 1.54) is 5.56 Å². The predicted molar refractivity (Wildman–Crippen MR) is 110 cm³/mol. The predicted octanol–water partition coefficient (Wildman–Crippen LogP) is 4.78. The molecule has 142 valence electrons. The molecule has 0 radical (unpaired) electrons. The Hall–Kier alpha value is -2.21. The highest BCUT2D eigenvalue weighted by Gasteiger charge is 2.28. The molecular weight excluding hydrogens is 356 g/mol. The van der Waals surface area contributed by atoms with Crippen molar-refractivity contribution in [3.05, 3.63) is 45.2 Å². The van der Waals surface area contributed by atoms with Gasteiger partial charge >= 0.3 is 0 Å². The maximum absolute atomic E-state index is 13.0. The van der Waals surface area contributed by atoms with Gasteiger partial charge in [0.05, 0.1) is 21.7 Å². The van der Waals surface area contributed by atoms with Crippen LogP contribution in [0.1, 0.15) is 70.3 Å². The van der Waals surface area contributed by atoms with E-state index >= 15 is 0 Å². The number of carbonyl (C=O) groups excluding carboxylic acids is 1. The van der Waals surface area contributed by atoms with Gasteiger partial charge in [-0.25, -0.2) is 9.97 Å². The van der Waals surface area contributed by atoms with Crippen LogP contribution in [0.3, 0.4) is 0 Å². The van der Waals surface area contributed by atoms with E-state index in [1.54, 1.807) is 11.3 Å². The quantitative estimate of drug-likeness (QED) is 0.709. The number of H-pyrrole nitrogens is 1. The molecule has 5 nitrogen and oxygen atoms in total. The van der Waals surface area contributed by atoms with Crippen molar-refractivity contribution in [2.24, 2.45) is 0 Å². The maximum atomic E-state index is 13.0. The van der Waals surface area contributed by atoms with Crippen LogP contribution in [0.25, 0.3) is 11.0 Å². The van der Waals surface area contributed by atoms with Crippen LogP contribution in [0.2, 0.25) is 0 Å². The van der Waals surface area contributed by atoms with Crippen molar-refractivity contribution >= 4 is 28.3 Å². The lowest BCUT2D eigenvalue weighted by Gasteiger charge is -2.31. The van der Waals surface area contributed by atoms with Gasteiger partial charge < -0.3 is 9.88 Å². The summed E-state index contributed by atoms with van der Waals surface area (Å²) in [6.07, 6.45) is 1.89. The first-order valence-corrected chi connectivity index (χ1v) is 10.5. The molecule has 3 aromatic rings. The second-order valence-electron chi connectivity index (χ2n) is 7.78. The van der Waals surface area contributed by atoms with Crippen molar-refractivity contribution in [1.29, 1.82) is 0 Å². The lowest BCUT2D eigenvalue weighted by Crippen LogP contribution is -2.38. The van der Waals surface area contributed by atoms with E-state index in [1.807, 2.05) is 11.8 Å². The molecule has 2 aromatic heterocycles. The number of hydrogen-bond donors (Lipinski definition) is 1. The van der Waals surface area contributed by atoms with Crippen molar-refractivity contribution in [2.75, 3.05) is 13.1 Å². The molecule has 0 aliphatic carbocycles. The molecule has 1 fully saturated rings. The third kappa shape index (κ3) is 3.38.